The number of aliphatic hydroxyl groups excluding tert-OH is 1. The third-order valence-corrected chi connectivity index (χ3v) is 6.18. The predicted octanol–water partition coefficient (Wildman–Crippen LogP) is 3.83. The number of aliphatic hydroxyl groups is 1. The molecular weight excluding hydrogens is 450 g/mol. The number of nitrogens with one attached hydrogen (secondary N) is 2. The molecule has 1 atom stereocenters. The summed E-state index contributed by atoms with van der Waals surface area (Å²) >= 11 is 1.20. The molecule has 4 aromatic rings. The smallest absolute Gasteiger partial charge is 0.273 e. The topological polar surface area (TPSA) is 109 Å². The van der Waals surface area contributed by atoms with Gasteiger partial charge in [0.1, 0.15) is 4.70 Å². The zero-order chi connectivity index (χ0) is 24.3. The van der Waals surface area contributed by atoms with Gasteiger partial charge in [-0.1, -0.05) is 59.9 Å². The van der Waals surface area contributed by atoms with Crippen molar-refractivity contribution in [3.8, 4) is 0 Å². The number of thiazole rings is 1. The van der Waals surface area contributed by atoms with Gasteiger partial charge >= 0.3 is 0 Å². The maximum atomic E-state index is 13.2. The maximum Gasteiger partial charge on any atom is 0.273 e. The second-order valence-electron chi connectivity index (χ2n) is 8.97. The molecule has 2 aromatic heterocycles. The van der Waals surface area contributed by atoms with Gasteiger partial charge in [0, 0.05) is 5.56 Å². The summed E-state index contributed by atoms with van der Waals surface area (Å²) in [7, 11) is 0. The number of anilines is 1. The van der Waals surface area contributed by atoms with Crippen LogP contribution in [0.25, 0.3) is 10.3 Å². The second-order valence-corrected chi connectivity index (χ2v) is 9.96. The highest BCUT2D eigenvalue weighted by atomic mass is 32.1. The van der Waals surface area contributed by atoms with Gasteiger partial charge in [0.15, 0.2) is 16.5 Å². The summed E-state index contributed by atoms with van der Waals surface area (Å²) in [6.07, 6.45) is 0.493. The molecule has 0 unspecified atom stereocenters. The monoisotopic (exact) mass is 477 g/mol. The van der Waals surface area contributed by atoms with Gasteiger partial charge in [-0.2, -0.15) is 10.1 Å². The largest absolute Gasteiger partial charge is 0.394 e. The zero-order valence-corrected chi connectivity index (χ0v) is 20.1. The number of benzene rings is 2. The third kappa shape index (κ3) is 5.16. The van der Waals surface area contributed by atoms with Gasteiger partial charge in [0.05, 0.1) is 18.2 Å². The fourth-order valence-electron chi connectivity index (χ4n) is 3.54. The standard InChI is InChI=1S/C25H27N5O3S/c1-25(2,3)30-21-20(34-24(27-21)28-22(32)17-12-8-5-9-13-17)19(29-30)23(33)26-18(15-31)14-16-10-6-4-7-11-16/h4-13,18,31H,14-15H2,1-3H3,(H,26,33)(H,27,28,32)/t18-/m1/s1. The first-order valence-corrected chi connectivity index (χ1v) is 11.8. The molecule has 176 valence electrons. The van der Waals surface area contributed by atoms with Crippen molar-refractivity contribution in [2.45, 2.75) is 38.8 Å². The molecule has 0 aliphatic carbocycles. The lowest BCUT2D eigenvalue weighted by atomic mass is 10.1. The molecule has 0 aliphatic rings. The zero-order valence-electron chi connectivity index (χ0n) is 19.3. The van der Waals surface area contributed by atoms with Gasteiger partial charge in [0.25, 0.3) is 11.8 Å². The fourth-order valence-corrected chi connectivity index (χ4v) is 4.47. The van der Waals surface area contributed by atoms with E-state index in [1.165, 1.54) is 11.3 Å². The summed E-state index contributed by atoms with van der Waals surface area (Å²) in [5, 5.41) is 20.5. The van der Waals surface area contributed by atoms with E-state index in [-0.39, 0.29) is 18.2 Å². The van der Waals surface area contributed by atoms with E-state index in [0.29, 0.717) is 27.5 Å². The summed E-state index contributed by atoms with van der Waals surface area (Å²) < 4.78 is 2.27. The van der Waals surface area contributed by atoms with Crippen molar-refractivity contribution >= 4 is 38.6 Å². The third-order valence-electron chi connectivity index (χ3n) is 5.21. The van der Waals surface area contributed by atoms with Crippen molar-refractivity contribution in [2.75, 3.05) is 11.9 Å². The van der Waals surface area contributed by atoms with E-state index in [9.17, 15) is 14.7 Å². The van der Waals surface area contributed by atoms with E-state index in [4.69, 9.17) is 0 Å². The molecule has 0 radical (unpaired) electrons. The minimum absolute atomic E-state index is 0.204. The summed E-state index contributed by atoms with van der Waals surface area (Å²) in [5.41, 5.74) is 1.83. The predicted molar refractivity (Wildman–Crippen MR) is 133 cm³/mol. The van der Waals surface area contributed by atoms with Crippen LogP contribution in [-0.2, 0) is 12.0 Å². The highest BCUT2D eigenvalue weighted by Crippen LogP contribution is 2.32. The SMILES string of the molecule is CC(C)(C)n1nc(C(=O)N[C@@H](CO)Cc2ccccc2)c2sc(NC(=O)c3ccccc3)nc21. The molecule has 2 heterocycles. The lowest BCUT2D eigenvalue weighted by Crippen LogP contribution is -2.39. The molecule has 4 rings (SSSR count). The Kier molecular flexibility index (Phi) is 6.76. The molecule has 0 bridgehead atoms. The van der Waals surface area contributed by atoms with Gasteiger partial charge < -0.3 is 10.4 Å². The van der Waals surface area contributed by atoms with Crippen molar-refractivity contribution in [3.05, 3.63) is 77.5 Å². The molecule has 0 aliphatic heterocycles. The summed E-state index contributed by atoms with van der Waals surface area (Å²) in [5.74, 6) is -0.672. The van der Waals surface area contributed by atoms with Gasteiger partial charge in [-0.05, 0) is 44.9 Å². The van der Waals surface area contributed by atoms with E-state index < -0.39 is 17.5 Å². The van der Waals surface area contributed by atoms with Crippen LogP contribution in [0.15, 0.2) is 60.7 Å². The molecule has 0 fully saturated rings. The maximum absolute atomic E-state index is 13.2. The highest BCUT2D eigenvalue weighted by Gasteiger charge is 2.28. The van der Waals surface area contributed by atoms with Crippen LogP contribution in [0, 0.1) is 0 Å². The molecular formula is C25H27N5O3S. The van der Waals surface area contributed by atoms with E-state index >= 15 is 0 Å². The summed E-state index contributed by atoms with van der Waals surface area (Å²) in [6.45, 7) is 5.70. The minimum atomic E-state index is -0.463. The van der Waals surface area contributed by atoms with Crippen molar-refractivity contribution in [2.24, 2.45) is 0 Å². The van der Waals surface area contributed by atoms with Crippen LogP contribution >= 0.6 is 11.3 Å². The van der Waals surface area contributed by atoms with Crippen LogP contribution in [0.4, 0.5) is 5.13 Å². The molecule has 2 amide bonds. The second kappa shape index (κ2) is 9.74. The van der Waals surface area contributed by atoms with E-state index in [1.807, 2.05) is 57.2 Å². The van der Waals surface area contributed by atoms with E-state index in [0.717, 1.165) is 5.56 Å². The van der Waals surface area contributed by atoms with Crippen molar-refractivity contribution < 1.29 is 14.7 Å². The number of aromatic nitrogens is 3. The van der Waals surface area contributed by atoms with E-state index in [2.05, 4.69) is 20.7 Å². The van der Waals surface area contributed by atoms with Crippen molar-refractivity contribution in [1.82, 2.24) is 20.1 Å². The number of hydrogen-bond donors (Lipinski definition) is 3. The number of carbonyl (C=O) groups is 2. The molecule has 34 heavy (non-hydrogen) atoms. The Bertz CT molecular complexity index is 1290. The van der Waals surface area contributed by atoms with Gasteiger partial charge in [-0.3, -0.25) is 14.9 Å². The number of fused-ring (bicyclic) bond motifs is 1. The highest BCUT2D eigenvalue weighted by molar-refractivity contribution is 7.22. The van der Waals surface area contributed by atoms with Crippen LogP contribution in [-0.4, -0.2) is 44.3 Å². The number of rotatable bonds is 7. The molecule has 8 nitrogen and oxygen atoms in total. The van der Waals surface area contributed by atoms with Crippen LogP contribution in [0.2, 0.25) is 0 Å². The summed E-state index contributed by atoms with van der Waals surface area (Å²) in [4.78, 5) is 30.4. The first kappa shape index (κ1) is 23.6. The van der Waals surface area contributed by atoms with Gasteiger partial charge in [-0.25, -0.2) is 4.68 Å². The molecule has 0 saturated heterocycles. The van der Waals surface area contributed by atoms with Crippen LogP contribution in [0.3, 0.4) is 0 Å². The van der Waals surface area contributed by atoms with Crippen LogP contribution in [0.1, 0.15) is 47.2 Å². The quantitative estimate of drug-likeness (QED) is 0.375. The number of amides is 2. The Morgan fingerprint density at radius 2 is 1.68 bits per heavy atom. The molecule has 0 spiro atoms. The first-order chi connectivity index (χ1) is 16.3. The Hall–Kier alpha value is -3.56. The minimum Gasteiger partial charge on any atom is -0.394 e. The number of hydrogen-bond acceptors (Lipinski definition) is 6. The van der Waals surface area contributed by atoms with Crippen LogP contribution < -0.4 is 10.6 Å². The first-order valence-electron chi connectivity index (χ1n) is 11.0. The molecule has 0 saturated carbocycles. The average Bonchev–Trinajstić information content (AvgIpc) is 3.38. The fraction of sp³-hybridized carbons (Fsp3) is 0.280. The Balaban J connectivity index is 1.62. The normalized spacial score (nSPS) is 12.5. The molecule has 9 heteroatoms. The average molecular weight is 478 g/mol. The van der Waals surface area contributed by atoms with Crippen molar-refractivity contribution in [3.63, 3.8) is 0 Å². The van der Waals surface area contributed by atoms with Crippen LogP contribution in [0.5, 0.6) is 0 Å². The molecule has 2 aromatic carbocycles. The Labute approximate surface area is 201 Å². The Morgan fingerprint density at radius 1 is 1.03 bits per heavy atom. The lowest BCUT2D eigenvalue weighted by molar-refractivity contribution is 0.0911. The number of nitrogens with zero attached hydrogens (tertiary/aromatic N) is 3. The van der Waals surface area contributed by atoms with Gasteiger partial charge in [0.2, 0.25) is 0 Å². The number of carbonyl (C=O) groups excluding carboxylic acids is 2. The lowest BCUT2D eigenvalue weighted by Gasteiger charge is -2.19. The van der Waals surface area contributed by atoms with E-state index in [1.54, 1.807) is 28.9 Å². The van der Waals surface area contributed by atoms with Gasteiger partial charge in [-0.15, -0.1) is 0 Å². The molecule has 3 N–H and O–H groups in total. The Morgan fingerprint density at radius 3 is 2.29 bits per heavy atom. The van der Waals surface area contributed by atoms with Crippen molar-refractivity contribution in [1.29, 1.82) is 0 Å². The summed E-state index contributed by atoms with van der Waals surface area (Å²) in [6, 6.07) is 18.1.